The average molecular weight is 161 g/mol. The lowest BCUT2D eigenvalue weighted by Gasteiger charge is -2.11. The summed E-state index contributed by atoms with van der Waals surface area (Å²) in [4.78, 5) is 0. The Hall–Kier alpha value is -0.120. The van der Waals surface area contributed by atoms with Gasteiger partial charge in [-0.05, 0) is 26.8 Å². The highest BCUT2D eigenvalue weighted by molar-refractivity contribution is 4.49. The zero-order valence-corrected chi connectivity index (χ0v) is 7.51. The number of nitrogens with two attached hydrogens (primary N) is 1. The van der Waals surface area contributed by atoms with E-state index >= 15 is 0 Å². The van der Waals surface area contributed by atoms with Crippen molar-refractivity contribution in [3.8, 4) is 0 Å². The lowest BCUT2D eigenvalue weighted by Crippen LogP contribution is -2.16. The van der Waals surface area contributed by atoms with Crippen molar-refractivity contribution >= 4 is 0 Å². The van der Waals surface area contributed by atoms with Gasteiger partial charge < -0.3 is 15.2 Å². The second-order valence-electron chi connectivity index (χ2n) is 2.46. The summed E-state index contributed by atoms with van der Waals surface area (Å²) in [5, 5.41) is 0. The van der Waals surface area contributed by atoms with E-state index in [0.717, 1.165) is 13.0 Å². The van der Waals surface area contributed by atoms with Crippen molar-refractivity contribution in [1.82, 2.24) is 0 Å². The molecule has 0 aliphatic rings. The third-order valence-electron chi connectivity index (χ3n) is 1.41. The molecular weight excluding hydrogens is 142 g/mol. The third-order valence-corrected chi connectivity index (χ3v) is 1.41. The van der Waals surface area contributed by atoms with Crippen LogP contribution in [0.4, 0.5) is 0 Å². The molecule has 0 aliphatic heterocycles. The van der Waals surface area contributed by atoms with Gasteiger partial charge in [0.15, 0.2) is 0 Å². The molecule has 68 valence electrons. The maximum absolute atomic E-state index is 5.38. The summed E-state index contributed by atoms with van der Waals surface area (Å²) in [6.45, 7) is 6.81. The summed E-state index contributed by atoms with van der Waals surface area (Å²) in [7, 11) is 0. The summed E-state index contributed by atoms with van der Waals surface area (Å²) in [5.41, 5.74) is 5.35. The van der Waals surface area contributed by atoms with Gasteiger partial charge in [0.1, 0.15) is 0 Å². The van der Waals surface area contributed by atoms with Crippen LogP contribution in [-0.2, 0) is 9.47 Å². The van der Waals surface area contributed by atoms with Crippen molar-refractivity contribution in [2.45, 2.75) is 26.4 Å². The van der Waals surface area contributed by atoms with Gasteiger partial charge in [0.25, 0.3) is 0 Å². The fourth-order valence-corrected chi connectivity index (χ4v) is 0.771. The molecule has 0 radical (unpaired) electrons. The first-order valence-electron chi connectivity index (χ1n) is 4.20. The van der Waals surface area contributed by atoms with Crippen LogP contribution in [0.2, 0.25) is 0 Å². The van der Waals surface area contributed by atoms with Crippen LogP contribution in [0.25, 0.3) is 0 Å². The van der Waals surface area contributed by atoms with Crippen molar-refractivity contribution in [1.29, 1.82) is 0 Å². The molecule has 0 amide bonds. The van der Waals surface area contributed by atoms with Crippen molar-refractivity contribution in [3.05, 3.63) is 0 Å². The minimum atomic E-state index is 0.264. The highest BCUT2D eigenvalue weighted by atomic mass is 16.5. The van der Waals surface area contributed by atoms with E-state index in [1.165, 1.54) is 0 Å². The molecular formula is C8H19NO2. The van der Waals surface area contributed by atoms with Crippen LogP contribution in [0.3, 0.4) is 0 Å². The van der Waals surface area contributed by atoms with Gasteiger partial charge in [0.2, 0.25) is 0 Å². The predicted molar refractivity (Wildman–Crippen MR) is 45.6 cm³/mol. The van der Waals surface area contributed by atoms with Gasteiger partial charge in [-0.3, -0.25) is 0 Å². The third kappa shape index (κ3) is 7.78. The fraction of sp³-hybridized carbons (Fsp3) is 1.00. The van der Waals surface area contributed by atoms with Gasteiger partial charge in [0, 0.05) is 6.61 Å². The molecule has 3 heteroatoms. The van der Waals surface area contributed by atoms with Gasteiger partial charge >= 0.3 is 0 Å². The molecule has 0 saturated carbocycles. The van der Waals surface area contributed by atoms with Gasteiger partial charge in [-0.1, -0.05) is 0 Å². The Morgan fingerprint density at radius 3 is 2.64 bits per heavy atom. The molecule has 0 saturated heterocycles. The maximum Gasteiger partial charge on any atom is 0.0704 e. The Labute approximate surface area is 68.9 Å². The standard InChI is InChI=1S/C8H19NO2/c1-3-10-6-7-11-8(2)4-5-9/h8H,3-7,9H2,1-2H3. The Bertz CT molecular complexity index is 78.5. The summed E-state index contributed by atoms with van der Waals surface area (Å²) >= 11 is 0. The van der Waals surface area contributed by atoms with Crippen LogP contribution in [0, 0.1) is 0 Å². The van der Waals surface area contributed by atoms with Gasteiger partial charge in [-0.2, -0.15) is 0 Å². The molecule has 0 bridgehead atoms. The lowest BCUT2D eigenvalue weighted by molar-refractivity contribution is 0.0132. The zero-order chi connectivity index (χ0) is 8.53. The number of hydrogen-bond donors (Lipinski definition) is 1. The molecule has 0 rings (SSSR count). The molecule has 0 spiro atoms. The largest absolute Gasteiger partial charge is 0.379 e. The van der Waals surface area contributed by atoms with E-state index < -0.39 is 0 Å². The van der Waals surface area contributed by atoms with E-state index in [-0.39, 0.29) is 6.10 Å². The summed E-state index contributed by atoms with van der Waals surface area (Å²) in [6, 6.07) is 0. The molecule has 0 aromatic heterocycles. The topological polar surface area (TPSA) is 44.5 Å². The molecule has 0 fully saturated rings. The van der Waals surface area contributed by atoms with E-state index in [9.17, 15) is 0 Å². The number of hydrogen-bond acceptors (Lipinski definition) is 3. The minimum absolute atomic E-state index is 0.264. The van der Waals surface area contributed by atoms with Crippen molar-refractivity contribution < 1.29 is 9.47 Å². The van der Waals surface area contributed by atoms with Gasteiger partial charge in [-0.25, -0.2) is 0 Å². The maximum atomic E-state index is 5.38. The van der Waals surface area contributed by atoms with Crippen LogP contribution in [0.1, 0.15) is 20.3 Å². The van der Waals surface area contributed by atoms with E-state index in [1.807, 2.05) is 13.8 Å². The Kier molecular flexibility index (Phi) is 7.89. The van der Waals surface area contributed by atoms with Crippen LogP contribution in [-0.4, -0.2) is 32.5 Å². The molecule has 3 nitrogen and oxygen atoms in total. The summed E-state index contributed by atoms with van der Waals surface area (Å²) in [6.07, 6.45) is 1.19. The van der Waals surface area contributed by atoms with Crippen molar-refractivity contribution in [2.24, 2.45) is 5.73 Å². The molecule has 1 unspecified atom stereocenters. The van der Waals surface area contributed by atoms with Crippen LogP contribution < -0.4 is 5.73 Å². The normalized spacial score (nSPS) is 13.4. The monoisotopic (exact) mass is 161 g/mol. The number of ether oxygens (including phenoxy) is 2. The van der Waals surface area contributed by atoms with Crippen LogP contribution in [0.15, 0.2) is 0 Å². The molecule has 1 atom stereocenters. The first-order valence-corrected chi connectivity index (χ1v) is 4.20. The summed E-state index contributed by atoms with van der Waals surface area (Å²) in [5.74, 6) is 0. The van der Waals surface area contributed by atoms with Gasteiger partial charge in [0.05, 0.1) is 19.3 Å². The van der Waals surface area contributed by atoms with E-state index in [2.05, 4.69) is 0 Å². The van der Waals surface area contributed by atoms with Gasteiger partial charge in [-0.15, -0.1) is 0 Å². The Morgan fingerprint density at radius 2 is 2.09 bits per heavy atom. The number of rotatable bonds is 7. The average Bonchev–Trinajstić information content (AvgIpc) is 1.99. The quantitative estimate of drug-likeness (QED) is 0.561. The second-order valence-corrected chi connectivity index (χ2v) is 2.46. The SMILES string of the molecule is CCOCCOC(C)CCN. The first-order chi connectivity index (χ1) is 5.31. The van der Waals surface area contributed by atoms with Crippen LogP contribution in [0.5, 0.6) is 0 Å². The Morgan fingerprint density at radius 1 is 1.36 bits per heavy atom. The fourth-order valence-electron chi connectivity index (χ4n) is 0.771. The second kappa shape index (κ2) is 7.98. The zero-order valence-electron chi connectivity index (χ0n) is 7.51. The van der Waals surface area contributed by atoms with E-state index in [1.54, 1.807) is 0 Å². The highest BCUT2D eigenvalue weighted by Gasteiger charge is 1.98. The smallest absolute Gasteiger partial charge is 0.0704 e. The van der Waals surface area contributed by atoms with Crippen molar-refractivity contribution in [2.75, 3.05) is 26.4 Å². The Balaban J connectivity index is 2.97. The minimum Gasteiger partial charge on any atom is -0.379 e. The first kappa shape index (κ1) is 10.9. The molecule has 0 aromatic carbocycles. The summed E-state index contributed by atoms with van der Waals surface area (Å²) < 4.78 is 10.5. The van der Waals surface area contributed by atoms with Crippen LogP contribution >= 0.6 is 0 Å². The molecule has 0 heterocycles. The molecule has 0 aliphatic carbocycles. The highest BCUT2D eigenvalue weighted by Crippen LogP contribution is 1.94. The lowest BCUT2D eigenvalue weighted by atomic mass is 10.3. The van der Waals surface area contributed by atoms with E-state index in [0.29, 0.717) is 19.8 Å². The van der Waals surface area contributed by atoms with Crippen molar-refractivity contribution in [3.63, 3.8) is 0 Å². The molecule has 11 heavy (non-hydrogen) atoms. The predicted octanol–water partition coefficient (Wildman–Crippen LogP) is 0.777. The van der Waals surface area contributed by atoms with E-state index in [4.69, 9.17) is 15.2 Å². The molecule has 2 N–H and O–H groups in total. The molecule has 0 aromatic rings.